The van der Waals surface area contributed by atoms with Crippen LogP contribution in [-0.4, -0.2) is 12.4 Å². The van der Waals surface area contributed by atoms with Gasteiger partial charge in [-0.3, -0.25) is 4.79 Å². The Morgan fingerprint density at radius 3 is 2.47 bits per heavy atom. The molecule has 19 heavy (non-hydrogen) atoms. The molecule has 0 aliphatic rings. The van der Waals surface area contributed by atoms with Gasteiger partial charge in [0.1, 0.15) is 11.6 Å². The van der Waals surface area contributed by atoms with Crippen LogP contribution in [0.2, 0.25) is 0 Å². The number of carbonyl (C=O) groups excluding carboxylic acids is 1. The highest BCUT2D eigenvalue weighted by molar-refractivity contribution is 9.10. The molecule has 0 unspecified atom stereocenters. The van der Waals surface area contributed by atoms with Crippen molar-refractivity contribution in [2.24, 2.45) is 0 Å². The molecule has 2 rings (SSSR count). The van der Waals surface area contributed by atoms with Gasteiger partial charge in [0, 0.05) is 15.6 Å². The maximum atomic E-state index is 13.0. The summed E-state index contributed by atoms with van der Waals surface area (Å²) in [5, 5.41) is 0. The molecule has 98 valence electrons. The first kappa shape index (κ1) is 13.7. The highest BCUT2D eigenvalue weighted by Gasteiger charge is 2.13. The van der Waals surface area contributed by atoms with Crippen LogP contribution in [0, 0.1) is 5.82 Å². The van der Waals surface area contributed by atoms with E-state index in [0.29, 0.717) is 22.2 Å². The topological polar surface area (TPSA) is 26.3 Å². The van der Waals surface area contributed by atoms with E-state index in [4.69, 9.17) is 4.74 Å². The molecule has 2 aromatic rings. The Kier molecular flexibility index (Phi) is 4.32. The first-order valence-corrected chi connectivity index (χ1v) is 6.63. The second kappa shape index (κ2) is 5.97. The Balaban J connectivity index is 2.28. The highest BCUT2D eigenvalue weighted by atomic mass is 79.9. The third kappa shape index (κ3) is 3.20. The van der Waals surface area contributed by atoms with Crippen molar-refractivity contribution in [1.29, 1.82) is 0 Å². The van der Waals surface area contributed by atoms with Gasteiger partial charge in [0.15, 0.2) is 5.78 Å². The third-order valence-electron chi connectivity index (χ3n) is 2.60. The number of ketones is 1. The molecular weight excluding hydrogens is 311 g/mol. The normalized spacial score (nSPS) is 10.3. The fraction of sp³-hybridized carbons (Fsp3) is 0.133. The van der Waals surface area contributed by atoms with Gasteiger partial charge in [-0.05, 0) is 65.3 Å². The molecule has 0 radical (unpaired) electrons. The predicted octanol–water partition coefficient (Wildman–Crippen LogP) is 4.22. The second-order valence-corrected chi connectivity index (χ2v) is 4.77. The molecular formula is C15H12BrFO2. The van der Waals surface area contributed by atoms with Gasteiger partial charge < -0.3 is 4.74 Å². The molecule has 0 aliphatic heterocycles. The lowest BCUT2D eigenvalue weighted by molar-refractivity contribution is 0.103. The number of halogens is 2. The van der Waals surface area contributed by atoms with Crippen molar-refractivity contribution < 1.29 is 13.9 Å². The average Bonchev–Trinajstić information content (AvgIpc) is 2.39. The van der Waals surface area contributed by atoms with Crippen molar-refractivity contribution in [3.05, 3.63) is 63.9 Å². The van der Waals surface area contributed by atoms with Gasteiger partial charge in [0.25, 0.3) is 0 Å². The second-order valence-electron chi connectivity index (χ2n) is 3.91. The van der Waals surface area contributed by atoms with Crippen LogP contribution in [0.15, 0.2) is 46.9 Å². The monoisotopic (exact) mass is 322 g/mol. The largest absolute Gasteiger partial charge is 0.494 e. The summed E-state index contributed by atoms with van der Waals surface area (Å²) >= 11 is 3.20. The lowest BCUT2D eigenvalue weighted by Crippen LogP contribution is -2.03. The summed E-state index contributed by atoms with van der Waals surface area (Å²) in [7, 11) is 0. The van der Waals surface area contributed by atoms with Crippen molar-refractivity contribution in [2.45, 2.75) is 6.92 Å². The zero-order valence-corrected chi connectivity index (χ0v) is 11.9. The van der Waals surface area contributed by atoms with E-state index in [9.17, 15) is 9.18 Å². The molecule has 0 saturated carbocycles. The van der Waals surface area contributed by atoms with Gasteiger partial charge in [0.05, 0.1) is 6.61 Å². The van der Waals surface area contributed by atoms with Crippen LogP contribution in [0.5, 0.6) is 5.75 Å². The lowest BCUT2D eigenvalue weighted by atomic mass is 10.0. The number of rotatable bonds is 4. The molecule has 0 aliphatic carbocycles. The summed E-state index contributed by atoms with van der Waals surface area (Å²) in [4.78, 5) is 12.3. The SMILES string of the molecule is CCOc1ccc(C(=O)c2ccc(F)cc2Br)cc1. The quantitative estimate of drug-likeness (QED) is 0.788. The van der Waals surface area contributed by atoms with E-state index in [1.165, 1.54) is 18.2 Å². The van der Waals surface area contributed by atoms with Gasteiger partial charge in [-0.1, -0.05) is 0 Å². The van der Waals surface area contributed by atoms with E-state index in [-0.39, 0.29) is 11.6 Å². The molecule has 0 aromatic heterocycles. The van der Waals surface area contributed by atoms with E-state index >= 15 is 0 Å². The highest BCUT2D eigenvalue weighted by Crippen LogP contribution is 2.22. The Morgan fingerprint density at radius 2 is 1.89 bits per heavy atom. The van der Waals surface area contributed by atoms with Gasteiger partial charge in [-0.25, -0.2) is 4.39 Å². The summed E-state index contributed by atoms with van der Waals surface area (Å²) in [5.74, 6) is 0.183. The number of carbonyl (C=O) groups is 1. The summed E-state index contributed by atoms with van der Waals surface area (Å²) in [6.07, 6.45) is 0. The Hall–Kier alpha value is -1.68. The summed E-state index contributed by atoms with van der Waals surface area (Å²) in [6, 6.07) is 10.9. The Bertz CT molecular complexity index is 594. The maximum Gasteiger partial charge on any atom is 0.194 e. The number of hydrogen-bond acceptors (Lipinski definition) is 2. The first-order valence-electron chi connectivity index (χ1n) is 5.84. The van der Waals surface area contributed by atoms with E-state index in [1.54, 1.807) is 24.3 Å². The zero-order valence-electron chi connectivity index (χ0n) is 10.3. The molecule has 0 fully saturated rings. The number of benzene rings is 2. The van der Waals surface area contributed by atoms with E-state index < -0.39 is 0 Å². The Labute approximate surface area is 119 Å². The van der Waals surface area contributed by atoms with Crippen LogP contribution in [-0.2, 0) is 0 Å². The predicted molar refractivity (Wildman–Crippen MR) is 75.1 cm³/mol. The molecule has 4 heteroatoms. The zero-order chi connectivity index (χ0) is 13.8. The average molecular weight is 323 g/mol. The first-order chi connectivity index (χ1) is 9.11. The van der Waals surface area contributed by atoms with Crippen molar-refractivity contribution in [3.8, 4) is 5.75 Å². The van der Waals surface area contributed by atoms with Crippen molar-refractivity contribution in [1.82, 2.24) is 0 Å². The van der Waals surface area contributed by atoms with Gasteiger partial charge >= 0.3 is 0 Å². The molecule has 0 heterocycles. The van der Waals surface area contributed by atoms with E-state index in [1.807, 2.05) is 6.92 Å². The summed E-state index contributed by atoms with van der Waals surface area (Å²) in [6.45, 7) is 2.48. The molecule has 0 N–H and O–H groups in total. The smallest absolute Gasteiger partial charge is 0.194 e. The molecule has 0 spiro atoms. The van der Waals surface area contributed by atoms with Gasteiger partial charge in [-0.2, -0.15) is 0 Å². The molecule has 0 bridgehead atoms. The van der Waals surface area contributed by atoms with E-state index in [0.717, 1.165) is 5.75 Å². The standard InChI is InChI=1S/C15H12BrFO2/c1-2-19-12-6-3-10(4-7-12)15(18)13-8-5-11(17)9-14(13)16/h3-9H,2H2,1H3. The number of ether oxygens (including phenoxy) is 1. The van der Waals surface area contributed by atoms with Crippen molar-refractivity contribution in [2.75, 3.05) is 6.61 Å². The molecule has 0 saturated heterocycles. The van der Waals surface area contributed by atoms with Crippen molar-refractivity contribution in [3.63, 3.8) is 0 Å². The van der Waals surface area contributed by atoms with Crippen molar-refractivity contribution >= 4 is 21.7 Å². The fourth-order valence-corrected chi connectivity index (χ4v) is 2.23. The van der Waals surface area contributed by atoms with Crippen LogP contribution in [0.25, 0.3) is 0 Å². The van der Waals surface area contributed by atoms with Crippen LogP contribution < -0.4 is 4.74 Å². The minimum atomic E-state index is -0.380. The minimum Gasteiger partial charge on any atom is -0.494 e. The number of hydrogen-bond donors (Lipinski definition) is 0. The summed E-state index contributed by atoms with van der Waals surface area (Å²) in [5.41, 5.74) is 0.973. The molecule has 2 aromatic carbocycles. The molecule has 2 nitrogen and oxygen atoms in total. The molecule has 0 atom stereocenters. The van der Waals surface area contributed by atoms with Crippen LogP contribution in [0.1, 0.15) is 22.8 Å². The van der Waals surface area contributed by atoms with Gasteiger partial charge in [-0.15, -0.1) is 0 Å². The maximum absolute atomic E-state index is 13.0. The Morgan fingerprint density at radius 1 is 1.21 bits per heavy atom. The summed E-state index contributed by atoms with van der Waals surface area (Å²) < 4.78 is 18.8. The molecule has 0 amide bonds. The van der Waals surface area contributed by atoms with Gasteiger partial charge in [0.2, 0.25) is 0 Å². The van der Waals surface area contributed by atoms with Crippen LogP contribution in [0.3, 0.4) is 0 Å². The van der Waals surface area contributed by atoms with E-state index in [2.05, 4.69) is 15.9 Å². The third-order valence-corrected chi connectivity index (χ3v) is 3.26. The fourth-order valence-electron chi connectivity index (χ4n) is 1.70. The van der Waals surface area contributed by atoms with Crippen LogP contribution in [0.4, 0.5) is 4.39 Å². The minimum absolute atomic E-state index is 0.157. The lowest BCUT2D eigenvalue weighted by Gasteiger charge is -2.06. The van der Waals surface area contributed by atoms with Crippen LogP contribution >= 0.6 is 15.9 Å².